The molecule has 0 bridgehead atoms. The van der Waals surface area contributed by atoms with Gasteiger partial charge in [-0.15, -0.1) is 0 Å². The molecule has 3 amide bonds. The van der Waals surface area contributed by atoms with Gasteiger partial charge in [-0.1, -0.05) is 43.2 Å². The Hall–Kier alpha value is -4.14. The van der Waals surface area contributed by atoms with Crippen molar-refractivity contribution in [2.45, 2.75) is 81.4 Å². The lowest BCUT2D eigenvalue weighted by molar-refractivity contribution is -0.171. The minimum atomic E-state index is -1.11. The van der Waals surface area contributed by atoms with Gasteiger partial charge in [-0.2, -0.15) is 0 Å². The third-order valence-corrected chi connectivity index (χ3v) is 8.44. The smallest absolute Gasteiger partial charge is 0.326 e. The fourth-order valence-electron chi connectivity index (χ4n) is 6.42. The van der Waals surface area contributed by atoms with Crippen molar-refractivity contribution in [1.29, 1.82) is 0 Å². The van der Waals surface area contributed by atoms with Gasteiger partial charge >= 0.3 is 12.0 Å². The number of urea groups is 1. The molecule has 3 N–H and O–H groups in total. The van der Waals surface area contributed by atoms with Gasteiger partial charge in [0.15, 0.2) is 35.6 Å². The first-order chi connectivity index (χ1) is 20.5. The van der Waals surface area contributed by atoms with E-state index in [1.807, 2.05) is 30.3 Å². The number of carbonyl (C=O) groups excluding carboxylic acids is 2. The van der Waals surface area contributed by atoms with Gasteiger partial charge in [-0.05, 0) is 25.7 Å². The number of aliphatic carboxylic acids is 1. The molecule has 220 valence electrons. The first-order valence-electron chi connectivity index (χ1n) is 14.3. The second-order valence-corrected chi connectivity index (χ2v) is 11.0. The number of imidazole rings is 1. The van der Waals surface area contributed by atoms with E-state index in [4.69, 9.17) is 14.2 Å². The minimum Gasteiger partial charge on any atom is -0.480 e. The van der Waals surface area contributed by atoms with E-state index in [2.05, 4.69) is 25.6 Å². The summed E-state index contributed by atoms with van der Waals surface area (Å²) in [7, 11) is 0. The van der Waals surface area contributed by atoms with Crippen molar-refractivity contribution in [3.05, 3.63) is 48.5 Å². The van der Waals surface area contributed by atoms with E-state index < -0.39 is 48.7 Å². The highest BCUT2D eigenvalue weighted by Gasteiger charge is 2.58. The van der Waals surface area contributed by atoms with Crippen LogP contribution in [0, 0.1) is 0 Å². The number of ether oxygens (including phenoxy) is 3. The predicted octanol–water partition coefficient (Wildman–Crippen LogP) is 2.35. The lowest BCUT2D eigenvalue weighted by atomic mass is 10.1. The molecular weight excluding hydrogens is 546 g/mol. The number of likely N-dealkylation sites (tertiary alicyclic amines) is 1. The number of carboxylic acid groups (broad SMARTS) is 1. The highest BCUT2D eigenvalue weighted by atomic mass is 16.8. The number of anilines is 1. The van der Waals surface area contributed by atoms with Crippen LogP contribution in [0.5, 0.6) is 0 Å². The Morgan fingerprint density at radius 1 is 0.929 bits per heavy atom. The third kappa shape index (κ3) is 4.74. The molecule has 1 aromatic carbocycles. The zero-order valence-corrected chi connectivity index (χ0v) is 22.7. The van der Waals surface area contributed by atoms with Crippen molar-refractivity contribution < 1.29 is 33.7 Å². The fraction of sp³-hybridized carbons (Fsp3) is 0.500. The topological polar surface area (TPSA) is 170 Å². The van der Waals surface area contributed by atoms with Crippen LogP contribution in [-0.4, -0.2) is 84.4 Å². The molecule has 4 fully saturated rings. The standard InChI is InChI=1S/C28H31N7O7/c36-24(34-12-6-11-17(34)26(37)38)20-19-21(42-27(41-19)15-7-2-1-3-8-15)25(40-20)35-14-31-18-22(29-13-30-23(18)35)33-28(39)32-16-9-4-5-10-16/h1-3,7-8,13-14,16-17,19-21,25,27H,4-6,9-12H2,(H,37,38)(H2,29,30,32,33,39). The number of nitrogens with one attached hydrogen (secondary N) is 2. The molecule has 2 aromatic heterocycles. The zero-order chi connectivity index (χ0) is 28.8. The Balaban J connectivity index is 1.18. The van der Waals surface area contributed by atoms with Gasteiger partial charge < -0.3 is 29.5 Å². The third-order valence-electron chi connectivity index (χ3n) is 8.44. The summed E-state index contributed by atoms with van der Waals surface area (Å²) in [5, 5.41) is 15.4. The first kappa shape index (κ1) is 26.7. The molecule has 14 heteroatoms. The summed E-state index contributed by atoms with van der Waals surface area (Å²) in [5.41, 5.74) is 1.49. The maximum atomic E-state index is 13.7. The lowest BCUT2D eigenvalue weighted by Crippen LogP contribution is -2.49. The van der Waals surface area contributed by atoms with E-state index in [1.165, 1.54) is 17.6 Å². The van der Waals surface area contributed by atoms with Crippen LogP contribution in [0.25, 0.3) is 11.2 Å². The summed E-state index contributed by atoms with van der Waals surface area (Å²) < 4.78 is 20.5. The molecule has 1 aliphatic carbocycles. The lowest BCUT2D eigenvalue weighted by Gasteiger charge is -2.27. The van der Waals surface area contributed by atoms with E-state index in [0.717, 1.165) is 31.2 Å². The molecule has 3 saturated heterocycles. The highest BCUT2D eigenvalue weighted by molar-refractivity contribution is 5.96. The molecule has 1 saturated carbocycles. The summed E-state index contributed by atoms with van der Waals surface area (Å²) in [6.45, 7) is 0.319. The summed E-state index contributed by atoms with van der Waals surface area (Å²) in [5.74, 6) is -1.27. The van der Waals surface area contributed by atoms with Crippen molar-refractivity contribution in [3.8, 4) is 0 Å². The summed E-state index contributed by atoms with van der Waals surface area (Å²) in [6.07, 6.45) is 3.58. The normalized spacial score (nSPS) is 29.2. The van der Waals surface area contributed by atoms with E-state index in [-0.39, 0.29) is 17.9 Å². The molecule has 4 aliphatic rings. The van der Waals surface area contributed by atoms with Gasteiger partial charge in [0.2, 0.25) is 0 Å². The van der Waals surface area contributed by atoms with E-state index in [1.54, 1.807) is 4.57 Å². The monoisotopic (exact) mass is 577 g/mol. The maximum Gasteiger partial charge on any atom is 0.326 e. The largest absolute Gasteiger partial charge is 0.480 e. The minimum absolute atomic E-state index is 0.131. The predicted molar refractivity (Wildman–Crippen MR) is 145 cm³/mol. The molecule has 42 heavy (non-hydrogen) atoms. The van der Waals surface area contributed by atoms with Gasteiger partial charge in [-0.25, -0.2) is 24.5 Å². The van der Waals surface area contributed by atoms with Gasteiger partial charge in [0.1, 0.15) is 24.6 Å². The van der Waals surface area contributed by atoms with E-state index in [9.17, 15) is 19.5 Å². The number of benzene rings is 1. The van der Waals surface area contributed by atoms with Gasteiger partial charge in [0.25, 0.3) is 5.91 Å². The second kappa shape index (κ2) is 10.9. The van der Waals surface area contributed by atoms with Gasteiger partial charge in [0, 0.05) is 18.2 Å². The summed E-state index contributed by atoms with van der Waals surface area (Å²) in [4.78, 5) is 52.7. The van der Waals surface area contributed by atoms with Crippen LogP contribution < -0.4 is 10.6 Å². The van der Waals surface area contributed by atoms with Crippen molar-refractivity contribution in [1.82, 2.24) is 29.7 Å². The molecule has 0 spiro atoms. The van der Waals surface area contributed by atoms with Crippen molar-refractivity contribution in [3.63, 3.8) is 0 Å². The Morgan fingerprint density at radius 3 is 2.50 bits per heavy atom. The maximum absolute atomic E-state index is 13.7. The van der Waals surface area contributed by atoms with Crippen LogP contribution in [-0.2, 0) is 23.8 Å². The number of amides is 3. The molecule has 6 unspecified atom stereocenters. The van der Waals surface area contributed by atoms with Crippen LogP contribution in [0.1, 0.15) is 56.6 Å². The quantitative estimate of drug-likeness (QED) is 0.395. The average Bonchev–Trinajstić information content (AvgIpc) is 3.81. The van der Waals surface area contributed by atoms with Crippen LogP contribution in [0.2, 0.25) is 0 Å². The number of hydrogen-bond donors (Lipinski definition) is 3. The average molecular weight is 578 g/mol. The number of fused-ring (bicyclic) bond motifs is 2. The SMILES string of the molecule is O=C(Nc1ncnc2c1ncn2C1OC(C(=O)N2CCCC2C(=O)O)C2OC(c3ccccc3)OC21)NC1CCCC1. The number of carbonyl (C=O) groups is 3. The fourth-order valence-corrected chi connectivity index (χ4v) is 6.42. The number of hydrogen-bond acceptors (Lipinski definition) is 9. The van der Waals surface area contributed by atoms with E-state index >= 15 is 0 Å². The Kier molecular flexibility index (Phi) is 6.96. The summed E-state index contributed by atoms with van der Waals surface area (Å²) >= 11 is 0. The molecule has 6 atom stereocenters. The van der Waals surface area contributed by atoms with Gasteiger partial charge in [-0.3, -0.25) is 14.7 Å². The van der Waals surface area contributed by atoms with Crippen LogP contribution >= 0.6 is 0 Å². The molecule has 7 rings (SSSR count). The highest BCUT2D eigenvalue weighted by Crippen LogP contribution is 2.45. The van der Waals surface area contributed by atoms with Crippen molar-refractivity contribution >= 4 is 34.9 Å². The number of carboxylic acids is 1. The van der Waals surface area contributed by atoms with Gasteiger partial charge in [0.05, 0.1) is 6.33 Å². The zero-order valence-electron chi connectivity index (χ0n) is 22.7. The second-order valence-electron chi connectivity index (χ2n) is 11.0. The van der Waals surface area contributed by atoms with Crippen LogP contribution in [0.15, 0.2) is 43.0 Å². The van der Waals surface area contributed by atoms with Crippen molar-refractivity contribution in [2.75, 3.05) is 11.9 Å². The number of nitrogens with zero attached hydrogens (tertiary/aromatic N) is 5. The van der Waals surface area contributed by atoms with Crippen LogP contribution in [0.4, 0.5) is 10.6 Å². The summed E-state index contributed by atoms with van der Waals surface area (Å²) in [6, 6.07) is 8.20. The first-order valence-corrected chi connectivity index (χ1v) is 14.3. The molecule has 3 aliphatic heterocycles. The molecule has 14 nitrogen and oxygen atoms in total. The molecule has 3 aromatic rings. The number of rotatable bonds is 6. The Morgan fingerprint density at radius 2 is 1.71 bits per heavy atom. The number of aromatic nitrogens is 4. The van der Waals surface area contributed by atoms with Crippen molar-refractivity contribution in [2.24, 2.45) is 0 Å². The molecular formula is C28H31N7O7. The van der Waals surface area contributed by atoms with E-state index in [0.29, 0.717) is 30.6 Å². The Labute approximate surface area is 240 Å². The molecule has 0 radical (unpaired) electrons. The molecule has 5 heterocycles. The Bertz CT molecular complexity index is 1490. The van der Waals surface area contributed by atoms with Crippen LogP contribution in [0.3, 0.4) is 0 Å².